The van der Waals surface area contributed by atoms with Gasteiger partial charge in [-0.1, -0.05) is 0 Å². The maximum absolute atomic E-state index is 12.8. The monoisotopic (exact) mass is 305 g/mol. The van der Waals surface area contributed by atoms with Gasteiger partial charge in [0, 0.05) is 17.8 Å². The van der Waals surface area contributed by atoms with Crippen molar-refractivity contribution >= 4 is 5.69 Å². The molecule has 1 aliphatic heterocycles. The highest BCUT2D eigenvalue weighted by molar-refractivity contribution is 5.61. The number of halogens is 3. The Labute approximate surface area is 121 Å². The number of nitrogens with zero attached hydrogens (tertiary/aromatic N) is 1. The van der Waals surface area contributed by atoms with Crippen molar-refractivity contribution in [2.75, 3.05) is 31.7 Å². The first-order valence-corrected chi connectivity index (χ1v) is 6.58. The summed E-state index contributed by atoms with van der Waals surface area (Å²) in [6.07, 6.45) is -6.18. The number of alkyl halides is 3. The fraction of sp³-hybridized carbons (Fsp3) is 0.571. The molecule has 0 amide bonds. The molecule has 1 aromatic rings. The number of aliphatic hydroxyl groups excluding tert-OH is 1. The first-order chi connectivity index (χ1) is 9.86. The molecule has 1 heterocycles. The Bertz CT molecular complexity index is 505. The highest BCUT2D eigenvalue weighted by Gasteiger charge is 2.43. The number of ether oxygens (including phenoxy) is 2. The van der Waals surface area contributed by atoms with Crippen LogP contribution in [0, 0.1) is 6.92 Å². The molecule has 21 heavy (non-hydrogen) atoms. The first kappa shape index (κ1) is 15.9. The van der Waals surface area contributed by atoms with Crippen molar-refractivity contribution in [3.05, 3.63) is 23.3 Å². The van der Waals surface area contributed by atoms with Gasteiger partial charge in [-0.15, -0.1) is 0 Å². The molecule has 1 aromatic carbocycles. The van der Waals surface area contributed by atoms with Gasteiger partial charge in [-0.05, 0) is 24.6 Å². The molecule has 1 fully saturated rings. The lowest BCUT2D eigenvalue weighted by Crippen LogP contribution is -2.49. The fourth-order valence-electron chi connectivity index (χ4n) is 2.43. The smallest absolute Gasteiger partial charge is 0.416 e. The lowest BCUT2D eigenvalue weighted by atomic mass is 10.1. The molecule has 0 aliphatic carbocycles. The molecule has 0 bridgehead atoms. The van der Waals surface area contributed by atoms with E-state index in [2.05, 4.69) is 0 Å². The Kier molecular flexibility index (Phi) is 4.63. The maximum atomic E-state index is 12.8. The SMILES string of the molecule is COc1cc(CO)cc(N2CCOC(C(F)(F)F)C2)c1C. The molecule has 0 saturated carbocycles. The Hall–Kier alpha value is -1.47. The van der Waals surface area contributed by atoms with E-state index in [4.69, 9.17) is 9.47 Å². The normalized spacial score (nSPS) is 19.7. The minimum absolute atomic E-state index is 0.00921. The van der Waals surface area contributed by atoms with Gasteiger partial charge >= 0.3 is 6.18 Å². The zero-order chi connectivity index (χ0) is 15.6. The second-order valence-electron chi connectivity index (χ2n) is 4.95. The third-order valence-electron chi connectivity index (χ3n) is 3.57. The number of hydrogen-bond acceptors (Lipinski definition) is 4. The van der Waals surface area contributed by atoms with Crippen LogP contribution in [-0.2, 0) is 11.3 Å². The van der Waals surface area contributed by atoms with Crippen molar-refractivity contribution in [2.45, 2.75) is 25.8 Å². The quantitative estimate of drug-likeness (QED) is 0.930. The summed E-state index contributed by atoms with van der Waals surface area (Å²) in [7, 11) is 1.49. The van der Waals surface area contributed by atoms with Crippen LogP contribution in [0.2, 0.25) is 0 Å². The summed E-state index contributed by atoms with van der Waals surface area (Å²) < 4.78 is 48.4. The molecule has 0 aromatic heterocycles. The number of methoxy groups -OCH3 is 1. The van der Waals surface area contributed by atoms with Crippen molar-refractivity contribution < 1.29 is 27.8 Å². The zero-order valence-corrected chi connectivity index (χ0v) is 11.9. The Morgan fingerprint density at radius 3 is 2.71 bits per heavy atom. The predicted octanol–water partition coefficient (Wildman–Crippen LogP) is 2.26. The lowest BCUT2D eigenvalue weighted by Gasteiger charge is -2.36. The van der Waals surface area contributed by atoms with Gasteiger partial charge in [0.05, 0.1) is 26.9 Å². The standard InChI is InChI=1S/C14H18F3NO3/c1-9-11(5-10(8-19)6-12(9)20-2)18-3-4-21-13(7-18)14(15,16)17/h5-6,13,19H,3-4,7-8H2,1-2H3. The second-order valence-corrected chi connectivity index (χ2v) is 4.95. The van der Waals surface area contributed by atoms with E-state index in [-0.39, 0.29) is 19.8 Å². The minimum atomic E-state index is -4.38. The van der Waals surface area contributed by atoms with Crippen molar-refractivity contribution in [3.8, 4) is 5.75 Å². The van der Waals surface area contributed by atoms with E-state index >= 15 is 0 Å². The van der Waals surface area contributed by atoms with Gasteiger partial charge in [0.2, 0.25) is 0 Å². The number of anilines is 1. The second kappa shape index (κ2) is 6.11. The van der Waals surface area contributed by atoms with E-state index in [0.29, 0.717) is 23.5 Å². The number of benzene rings is 1. The Morgan fingerprint density at radius 1 is 1.43 bits per heavy atom. The average Bonchev–Trinajstić information content (AvgIpc) is 2.47. The summed E-state index contributed by atoms with van der Waals surface area (Å²) in [6.45, 7) is 1.70. The fourth-order valence-corrected chi connectivity index (χ4v) is 2.43. The topological polar surface area (TPSA) is 41.9 Å². The van der Waals surface area contributed by atoms with Gasteiger partial charge in [-0.3, -0.25) is 0 Å². The van der Waals surface area contributed by atoms with E-state index in [9.17, 15) is 18.3 Å². The van der Waals surface area contributed by atoms with Crippen molar-refractivity contribution in [3.63, 3.8) is 0 Å². The molecule has 2 rings (SSSR count). The van der Waals surface area contributed by atoms with E-state index in [0.717, 1.165) is 5.56 Å². The molecular weight excluding hydrogens is 287 g/mol. The molecule has 0 radical (unpaired) electrons. The molecule has 4 nitrogen and oxygen atoms in total. The molecule has 1 aliphatic rings. The van der Waals surface area contributed by atoms with Gasteiger partial charge in [0.1, 0.15) is 5.75 Å². The molecule has 7 heteroatoms. The highest BCUT2D eigenvalue weighted by Crippen LogP contribution is 2.34. The molecule has 1 unspecified atom stereocenters. The number of rotatable bonds is 3. The van der Waals surface area contributed by atoms with E-state index < -0.39 is 12.3 Å². The minimum Gasteiger partial charge on any atom is -0.496 e. The van der Waals surface area contributed by atoms with E-state index in [1.54, 1.807) is 24.0 Å². The largest absolute Gasteiger partial charge is 0.496 e. The van der Waals surface area contributed by atoms with Crippen LogP contribution in [0.4, 0.5) is 18.9 Å². The summed E-state index contributed by atoms with van der Waals surface area (Å²) in [5.74, 6) is 0.548. The summed E-state index contributed by atoms with van der Waals surface area (Å²) >= 11 is 0. The van der Waals surface area contributed by atoms with Gasteiger partial charge in [0.15, 0.2) is 6.10 Å². The first-order valence-electron chi connectivity index (χ1n) is 6.58. The van der Waals surface area contributed by atoms with Crippen LogP contribution in [0.3, 0.4) is 0 Å². The maximum Gasteiger partial charge on any atom is 0.416 e. The Balaban J connectivity index is 2.32. The van der Waals surface area contributed by atoms with Crippen LogP contribution in [0.1, 0.15) is 11.1 Å². The lowest BCUT2D eigenvalue weighted by molar-refractivity contribution is -0.221. The third-order valence-corrected chi connectivity index (χ3v) is 3.57. The molecule has 118 valence electrons. The van der Waals surface area contributed by atoms with Gasteiger partial charge in [0.25, 0.3) is 0 Å². The molecule has 1 atom stereocenters. The molecule has 1 N–H and O–H groups in total. The number of morpholine rings is 1. The van der Waals surface area contributed by atoms with Crippen LogP contribution in [0.5, 0.6) is 5.75 Å². The highest BCUT2D eigenvalue weighted by atomic mass is 19.4. The van der Waals surface area contributed by atoms with Gasteiger partial charge in [-0.25, -0.2) is 0 Å². The van der Waals surface area contributed by atoms with E-state index in [1.807, 2.05) is 0 Å². The predicted molar refractivity (Wildman–Crippen MR) is 71.7 cm³/mol. The third kappa shape index (κ3) is 3.41. The van der Waals surface area contributed by atoms with Gasteiger partial charge < -0.3 is 19.5 Å². The van der Waals surface area contributed by atoms with Gasteiger partial charge in [-0.2, -0.15) is 13.2 Å². The van der Waals surface area contributed by atoms with Crippen molar-refractivity contribution in [1.82, 2.24) is 0 Å². The summed E-state index contributed by atoms with van der Waals surface area (Å²) in [6, 6.07) is 3.37. The van der Waals surface area contributed by atoms with Crippen LogP contribution in [0.15, 0.2) is 12.1 Å². The van der Waals surface area contributed by atoms with Crippen LogP contribution < -0.4 is 9.64 Å². The number of aliphatic hydroxyl groups is 1. The summed E-state index contributed by atoms with van der Waals surface area (Å²) in [5, 5.41) is 9.27. The van der Waals surface area contributed by atoms with Crippen molar-refractivity contribution in [2.24, 2.45) is 0 Å². The van der Waals surface area contributed by atoms with Crippen LogP contribution >= 0.6 is 0 Å². The Morgan fingerprint density at radius 2 is 2.14 bits per heavy atom. The molecule has 0 spiro atoms. The zero-order valence-electron chi connectivity index (χ0n) is 11.9. The van der Waals surface area contributed by atoms with E-state index in [1.165, 1.54) is 7.11 Å². The summed E-state index contributed by atoms with van der Waals surface area (Å²) in [5.41, 5.74) is 1.98. The molecule has 1 saturated heterocycles. The average molecular weight is 305 g/mol. The van der Waals surface area contributed by atoms with Crippen molar-refractivity contribution in [1.29, 1.82) is 0 Å². The summed E-state index contributed by atoms with van der Waals surface area (Å²) in [4.78, 5) is 1.62. The number of hydrogen-bond donors (Lipinski definition) is 1. The van der Waals surface area contributed by atoms with Crippen LogP contribution in [-0.4, -0.2) is 44.2 Å². The molecular formula is C14H18F3NO3. The van der Waals surface area contributed by atoms with Crippen LogP contribution in [0.25, 0.3) is 0 Å².